The first kappa shape index (κ1) is 28.9. The lowest BCUT2D eigenvalue weighted by atomic mass is 9.91. The van der Waals surface area contributed by atoms with Crippen molar-refractivity contribution in [2.24, 2.45) is 7.05 Å². The van der Waals surface area contributed by atoms with Gasteiger partial charge in [-0.2, -0.15) is 0 Å². The molecule has 1 aromatic heterocycles. The molecule has 1 aromatic carbocycles. The van der Waals surface area contributed by atoms with Crippen LogP contribution in [-0.2, 0) is 16.3 Å². The third-order valence-electron chi connectivity index (χ3n) is 11.0. The van der Waals surface area contributed by atoms with E-state index in [0.29, 0.717) is 36.9 Å². The van der Waals surface area contributed by atoms with Crippen molar-refractivity contribution < 1.29 is 14.0 Å². The molecule has 2 aromatic rings. The molecular formula is C33H50N4O3Si. The largest absolute Gasteiger partial charge is 0.414 e. The highest BCUT2D eigenvalue weighted by molar-refractivity contribution is 6.74. The summed E-state index contributed by atoms with van der Waals surface area (Å²) in [5.41, 5.74) is 4.82. The van der Waals surface area contributed by atoms with Crippen LogP contribution < -0.4 is 0 Å². The molecule has 224 valence electrons. The molecule has 6 rings (SSSR count). The Morgan fingerprint density at radius 1 is 0.951 bits per heavy atom. The number of aromatic nitrogens is 2. The monoisotopic (exact) mass is 578 g/mol. The third-order valence-corrected chi connectivity index (χ3v) is 15.5. The number of nitrogens with zero attached hydrogens (tertiary/aromatic N) is 4. The molecule has 3 aliphatic carbocycles. The molecule has 0 N–H and O–H groups in total. The lowest BCUT2D eigenvalue weighted by molar-refractivity contribution is -0.138. The van der Waals surface area contributed by atoms with Crippen LogP contribution in [0, 0.1) is 0 Å². The summed E-state index contributed by atoms with van der Waals surface area (Å²) in [5.74, 6) is 1.62. The smallest absolute Gasteiger partial charge is 0.290 e. The molecular weight excluding hydrogens is 528 g/mol. The van der Waals surface area contributed by atoms with Crippen molar-refractivity contribution in [1.29, 1.82) is 0 Å². The van der Waals surface area contributed by atoms with Gasteiger partial charge in [0.2, 0.25) is 5.91 Å². The lowest BCUT2D eigenvalue weighted by Gasteiger charge is -2.44. The van der Waals surface area contributed by atoms with Crippen LogP contribution in [0.1, 0.15) is 119 Å². The zero-order valence-corrected chi connectivity index (χ0v) is 27.2. The highest BCUT2D eigenvalue weighted by atomic mass is 28.4. The van der Waals surface area contributed by atoms with Gasteiger partial charge in [-0.25, -0.2) is 4.98 Å². The fourth-order valence-corrected chi connectivity index (χ4v) is 8.61. The first-order chi connectivity index (χ1) is 19.4. The average Bonchev–Trinajstić information content (AvgIpc) is 3.53. The van der Waals surface area contributed by atoms with Crippen LogP contribution in [0.25, 0.3) is 11.0 Å². The minimum Gasteiger partial charge on any atom is -0.414 e. The Morgan fingerprint density at radius 2 is 1.63 bits per heavy atom. The number of hydrogen-bond donors (Lipinski definition) is 0. The Kier molecular flexibility index (Phi) is 7.63. The second-order valence-corrected chi connectivity index (χ2v) is 19.6. The molecule has 0 unspecified atom stereocenters. The van der Waals surface area contributed by atoms with E-state index in [1.54, 1.807) is 4.90 Å². The van der Waals surface area contributed by atoms with Gasteiger partial charge >= 0.3 is 0 Å². The van der Waals surface area contributed by atoms with Gasteiger partial charge in [-0.1, -0.05) is 39.7 Å². The van der Waals surface area contributed by atoms with Gasteiger partial charge in [-0.15, -0.1) is 0 Å². The van der Waals surface area contributed by atoms with Crippen LogP contribution in [0.15, 0.2) is 12.1 Å². The Balaban J connectivity index is 1.12. The van der Waals surface area contributed by atoms with Crippen LogP contribution in [0.5, 0.6) is 0 Å². The van der Waals surface area contributed by atoms with Crippen molar-refractivity contribution in [3.63, 3.8) is 0 Å². The number of fused-ring (bicyclic) bond motifs is 1. The van der Waals surface area contributed by atoms with Gasteiger partial charge in [0.1, 0.15) is 6.54 Å². The van der Waals surface area contributed by atoms with Gasteiger partial charge in [-0.05, 0) is 98.5 Å². The average molecular weight is 579 g/mol. The van der Waals surface area contributed by atoms with Crippen molar-refractivity contribution in [2.75, 3.05) is 19.6 Å². The van der Waals surface area contributed by atoms with Crippen LogP contribution in [-0.4, -0.2) is 71.3 Å². The predicted molar refractivity (Wildman–Crippen MR) is 166 cm³/mol. The van der Waals surface area contributed by atoms with E-state index in [4.69, 9.17) is 9.41 Å². The fourth-order valence-electron chi connectivity index (χ4n) is 7.18. The van der Waals surface area contributed by atoms with E-state index in [-0.39, 0.29) is 29.4 Å². The molecule has 8 heteroatoms. The molecule has 41 heavy (non-hydrogen) atoms. The quantitative estimate of drug-likeness (QED) is 0.357. The second-order valence-electron chi connectivity index (χ2n) is 14.9. The van der Waals surface area contributed by atoms with E-state index in [9.17, 15) is 9.59 Å². The molecule has 2 heterocycles. The Morgan fingerprint density at radius 3 is 2.24 bits per heavy atom. The van der Waals surface area contributed by atoms with Gasteiger partial charge < -0.3 is 18.8 Å². The van der Waals surface area contributed by atoms with Crippen LogP contribution in [0.3, 0.4) is 0 Å². The zero-order chi connectivity index (χ0) is 29.1. The summed E-state index contributed by atoms with van der Waals surface area (Å²) in [6, 6.07) is 4.92. The first-order valence-corrected chi connectivity index (χ1v) is 19.1. The summed E-state index contributed by atoms with van der Waals surface area (Å²) in [6.45, 7) is 12.8. The molecule has 0 spiro atoms. The topological polar surface area (TPSA) is 67.7 Å². The van der Waals surface area contributed by atoms with E-state index in [2.05, 4.69) is 46.0 Å². The fraction of sp³-hybridized carbons (Fsp3) is 0.727. The highest BCUT2D eigenvalue weighted by Crippen LogP contribution is 2.45. The van der Waals surface area contributed by atoms with E-state index in [1.807, 2.05) is 16.5 Å². The molecule has 7 nitrogen and oxygen atoms in total. The number of rotatable bonds is 6. The number of piperazine rings is 1. The predicted octanol–water partition coefficient (Wildman–Crippen LogP) is 6.73. The number of carbonyl (C=O) groups is 2. The number of imidazole rings is 1. The van der Waals surface area contributed by atoms with E-state index < -0.39 is 8.32 Å². The molecule has 1 saturated heterocycles. The van der Waals surface area contributed by atoms with Gasteiger partial charge in [0, 0.05) is 32.3 Å². The Bertz CT molecular complexity index is 1310. The molecule has 0 radical (unpaired) electrons. The Hall–Kier alpha value is -2.19. The summed E-state index contributed by atoms with van der Waals surface area (Å²) < 4.78 is 8.67. The minimum atomic E-state index is -1.79. The van der Waals surface area contributed by atoms with E-state index in [1.165, 1.54) is 49.7 Å². The molecule has 4 fully saturated rings. The maximum Gasteiger partial charge on any atom is 0.290 e. The summed E-state index contributed by atoms with van der Waals surface area (Å²) in [5, 5.41) is 0.208. The van der Waals surface area contributed by atoms with Crippen LogP contribution >= 0.6 is 0 Å². The summed E-state index contributed by atoms with van der Waals surface area (Å²) in [6.07, 6.45) is 11.8. The molecule has 2 amide bonds. The molecule has 3 saturated carbocycles. The molecule has 0 atom stereocenters. The maximum absolute atomic E-state index is 13.8. The number of carbonyl (C=O) groups excluding carboxylic acids is 2. The van der Waals surface area contributed by atoms with Crippen LogP contribution in [0.4, 0.5) is 0 Å². The minimum absolute atomic E-state index is 0.0693. The van der Waals surface area contributed by atoms with Crippen molar-refractivity contribution >= 4 is 31.2 Å². The number of amides is 2. The second kappa shape index (κ2) is 10.8. The molecule has 1 aliphatic heterocycles. The normalized spacial score (nSPS) is 25.0. The molecule has 0 bridgehead atoms. The third kappa shape index (κ3) is 5.63. The van der Waals surface area contributed by atoms with Crippen LogP contribution in [0.2, 0.25) is 18.1 Å². The SMILES string of the molecule is Cn1c(C(=O)N2CCN([C@H]3CC[C@H](O[Si](C)(C)C(C)(C)C)CC3)C(=O)C2)nc2c(C3CCCC3)cc(C3CC3)cc21. The number of benzene rings is 1. The van der Waals surface area contributed by atoms with Gasteiger partial charge in [-0.3, -0.25) is 9.59 Å². The van der Waals surface area contributed by atoms with Gasteiger partial charge in [0.25, 0.3) is 5.91 Å². The molecule has 4 aliphatic rings. The zero-order valence-electron chi connectivity index (χ0n) is 26.2. The summed E-state index contributed by atoms with van der Waals surface area (Å²) >= 11 is 0. The summed E-state index contributed by atoms with van der Waals surface area (Å²) in [7, 11) is 0.184. The lowest BCUT2D eigenvalue weighted by Crippen LogP contribution is -2.56. The number of aryl methyl sites for hydroxylation is 1. The summed E-state index contributed by atoms with van der Waals surface area (Å²) in [4.78, 5) is 35.9. The van der Waals surface area contributed by atoms with Crippen molar-refractivity contribution in [3.05, 3.63) is 29.1 Å². The maximum atomic E-state index is 13.8. The first-order valence-electron chi connectivity index (χ1n) is 16.2. The van der Waals surface area contributed by atoms with Gasteiger partial charge in [0.15, 0.2) is 14.1 Å². The van der Waals surface area contributed by atoms with Crippen molar-refractivity contribution in [1.82, 2.24) is 19.4 Å². The van der Waals surface area contributed by atoms with Crippen molar-refractivity contribution in [2.45, 2.75) is 127 Å². The van der Waals surface area contributed by atoms with E-state index >= 15 is 0 Å². The highest BCUT2D eigenvalue weighted by Gasteiger charge is 2.41. The van der Waals surface area contributed by atoms with Crippen molar-refractivity contribution in [3.8, 4) is 0 Å². The van der Waals surface area contributed by atoms with Gasteiger partial charge in [0.05, 0.1) is 11.0 Å². The van der Waals surface area contributed by atoms with E-state index in [0.717, 1.165) is 36.7 Å². The number of hydrogen-bond acceptors (Lipinski definition) is 4. The Labute approximate surface area is 247 Å². The standard InChI is InChI=1S/C33H50N4O3Si/c1-33(2,3)41(5,6)40-26-15-13-25(14-16-26)37-18-17-36(21-29(37)38)32(39)31-34-30-27(23-9-7-8-10-23)19-24(22-11-12-22)20-28(30)35(31)4/h19-20,22-23,25-26H,7-18,21H2,1-6H3/t25-,26-.